The first-order valence-corrected chi connectivity index (χ1v) is 10.7. The van der Waals surface area contributed by atoms with Gasteiger partial charge in [0.15, 0.2) is 0 Å². The van der Waals surface area contributed by atoms with Crippen LogP contribution >= 0.6 is 0 Å². The fraction of sp³-hybridized carbons (Fsp3) is 0.684. The van der Waals surface area contributed by atoms with E-state index in [-0.39, 0.29) is 40.9 Å². The van der Waals surface area contributed by atoms with Crippen molar-refractivity contribution >= 4 is 10.1 Å². The Balaban J connectivity index is 0.00000576. The molecule has 1 aromatic rings. The topological polar surface area (TPSA) is 77.4 Å². The van der Waals surface area contributed by atoms with E-state index in [9.17, 15) is 18.1 Å². The molecule has 0 aliphatic rings. The number of phenols is 1. The Bertz CT molecular complexity index is 573. The minimum Gasteiger partial charge on any atom is -0.748 e. The molecule has 0 unspecified atom stereocenters. The molecular formula is C19H31NaO4S. The fourth-order valence-electron chi connectivity index (χ4n) is 2.92. The van der Waals surface area contributed by atoms with Crippen molar-refractivity contribution in [3.8, 4) is 5.75 Å². The van der Waals surface area contributed by atoms with Crippen LogP contribution in [0.1, 0.15) is 82.3 Å². The van der Waals surface area contributed by atoms with Gasteiger partial charge in [0.2, 0.25) is 0 Å². The Hall–Kier alpha value is -0.0700. The predicted molar refractivity (Wildman–Crippen MR) is 97.1 cm³/mol. The van der Waals surface area contributed by atoms with Gasteiger partial charge in [0.1, 0.15) is 5.75 Å². The van der Waals surface area contributed by atoms with Crippen LogP contribution in [0.2, 0.25) is 0 Å². The molecule has 0 atom stereocenters. The third-order valence-electron chi connectivity index (χ3n) is 4.30. The Morgan fingerprint density at radius 1 is 0.920 bits per heavy atom. The normalized spacial score (nSPS) is 11.3. The number of unbranched alkanes of at least 4 members (excludes halogenated alkanes) is 9. The van der Waals surface area contributed by atoms with Gasteiger partial charge in [-0.3, -0.25) is 0 Å². The zero-order valence-corrected chi connectivity index (χ0v) is 18.6. The number of aryl methyl sites for hydroxylation is 1. The Labute approximate surface area is 175 Å². The maximum Gasteiger partial charge on any atom is 1.00 e. The number of benzene rings is 1. The zero-order valence-electron chi connectivity index (χ0n) is 15.8. The molecule has 4 nitrogen and oxygen atoms in total. The van der Waals surface area contributed by atoms with Gasteiger partial charge >= 0.3 is 29.6 Å². The Kier molecular flexibility index (Phi) is 14.0. The summed E-state index contributed by atoms with van der Waals surface area (Å²) in [6, 6.07) is 4.91. The molecule has 1 rings (SSSR count). The Morgan fingerprint density at radius 3 is 1.96 bits per heavy atom. The van der Waals surface area contributed by atoms with Crippen LogP contribution in [0.3, 0.4) is 0 Å². The van der Waals surface area contributed by atoms with E-state index in [1.54, 1.807) is 12.1 Å². The first-order valence-electron chi connectivity index (χ1n) is 9.16. The number of phenolic OH excluding ortho intramolecular Hbond substituents is 1. The number of hydrogen-bond acceptors (Lipinski definition) is 4. The largest absolute Gasteiger partial charge is 1.00 e. The third kappa shape index (κ3) is 12.8. The van der Waals surface area contributed by atoms with E-state index >= 15 is 0 Å². The molecule has 0 heterocycles. The summed E-state index contributed by atoms with van der Waals surface area (Å²) in [6.45, 7) is 2.23. The van der Waals surface area contributed by atoms with Crippen LogP contribution in [0.25, 0.3) is 0 Å². The molecule has 138 valence electrons. The average molecular weight is 379 g/mol. The van der Waals surface area contributed by atoms with Crippen molar-refractivity contribution in [1.82, 2.24) is 0 Å². The second-order valence-electron chi connectivity index (χ2n) is 6.60. The van der Waals surface area contributed by atoms with E-state index in [1.807, 2.05) is 0 Å². The number of rotatable bonds is 13. The molecule has 0 radical (unpaired) electrons. The number of aromatic hydroxyl groups is 1. The van der Waals surface area contributed by atoms with Crippen molar-refractivity contribution < 1.29 is 47.6 Å². The van der Waals surface area contributed by atoms with E-state index in [0.717, 1.165) is 24.8 Å². The maximum atomic E-state index is 10.8. The quantitative estimate of drug-likeness (QED) is 0.323. The summed E-state index contributed by atoms with van der Waals surface area (Å²) in [4.78, 5) is 0. The standard InChI is InChI=1S/C19H32O4S.Na/c1-2-3-4-5-6-7-8-9-10-11-12-17-13-14-19(20)18(15-17)16-24(21,22)23;/h13-15,20H,2-12,16H2,1H3,(H,21,22,23);/q;+1/p-1. The summed E-state index contributed by atoms with van der Waals surface area (Å²) >= 11 is 0. The minimum atomic E-state index is -4.37. The molecule has 0 aromatic heterocycles. The molecule has 0 saturated carbocycles. The van der Waals surface area contributed by atoms with Crippen molar-refractivity contribution in [2.75, 3.05) is 0 Å². The summed E-state index contributed by atoms with van der Waals surface area (Å²) in [6.07, 6.45) is 13.6. The summed E-state index contributed by atoms with van der Waals surface area (Å²) in [5.41, 5.74) is 1.18. The molecule has 6 heteroatoms. The molecule has 1 aromatic carbocycles. The molecule has 0 fully saturated rings. The molecule has 0 amide bonds. The molecule has 25 heavy (non-hydrogen) atoms. The van der Waals surface area contributed by atoms with E-state index in [4.69, 9.17) is 0 Å². The Morgan fingerprint density at radius 2 is 1.44 bits per heavy atom. The molecule has 0 spiro atoms. The van der Waals surface area contributed by atoms with Gasteiger partial charge in [-0.05, 0) is 24.5 Å². The van der Waals surface area contributed by atoms with Crippen molar-refractivity contribution in [3.63, 3.8) is 0 Å². The SMILES string of the molecule is CCCCCCCCCCCCc1ccc(O)c(CS(=O)(=O)[O-])c1.[Na+]. The second kappa shape index (κ2) is 14.0. The first-order chi connectivity index (χ1) is 11.4. The summed E-state index contributed by atoms with van der Waals surface area (Å²) in [5.74, 6) is -0.772. The maximum absolute atomic E-state index is 10.8. The van der Waals surface area contributed by atoms with E-state index in [0.29, 0.717) is 0 Å². The van der Waals surface area contributed by atoms with Crippen LogP contribution in [0.5, 0.6) is 5.75 Å². The van der Waals surface area contributed by atoms with Crippen LogP contribution in [-0.4, -0.2) is 18.1 Å². The van der Waals surface area contributed by atoms with Crippen LogP contribution in [0.4, 0.5) is 0 Å². The smallest absolute Gasteiger partial charge is 0.748 e. The summed E-state index contributed by atoms with van der Waals surface area (Å²) < 4.78 is 32.5. The van der Waals surface area contributed by atoms with Gasteiger partial charge in [0.05, 0.1) is 15.9 Å². The van der Waals surface area contributed by atoms with Gasteiger partial charge in [0.25, 0.3) is 0 Å². The van der Waals surface area contributed by atoms with Crippen LogP contribution in [0, 0.1) is 0 Å². The molecule has 1 N–H and O–H groups in total. The summed E-state index contributed by atoms with van der Waals surface area (Å²) in [5, 5.41) is 9.64. The van der Waals surface area contributed by atoms with Crippen molar-refractivity contribution in [1.29, 1.82) is 0 Å². The minimum absolute atomic E-state index is 0. The monoisotopic (exact) mass is 378 g/mol. The zero-order chi connectivity index (χ0) is 17.8. The molecule has 0 saturated heterocycles. The van der Waals surface area contributed by atoms with Crippen molar-refractivity contribution in [2.45, 2.75) is 83.3 Å². The van der Waals surface area contributed by atoms with Gasteiger partial charge < -0.3 is 9.66 Å². The first kappa shape index (κ1) is 24.9. The molecule has 0 aliphatic carbocycles. The molecule has 0 bridgehead atoms. The van der Waals surface area contributed by atoms with E-state index in [2.05, 4.69) is 6.92 Å². The van der Waals surface area contributed by atoms with Gasteiger partial charge in [-0.25, -0.2) is 8.42 Å². The third-order valence-corrected chi connectivity index (χ3v) is 4.96. The van der Waals surface area contributed by atoms with Gasteiger partial charge in [-0.15, -0.1) is 0 Å². The van der Waals surface area contributed by atoms with Crippen LogP contribution in [-0.2, 0) is 22.3 Å². The van der Waals surface area contributed by atoms with Gasteiger partial charge in [-0.2, -0.15) is 0 Å². The van der Waals surface area contributed by atoms with Crippen LogP contribution in [0.15, 0.2) is 18.2 Å². The molecular weight excluding hydrogens is 347 g/mol. The predicted octanol–water partition coefficient (Wildman–Crippen LogP) is 1.90. The van der Waals surface area contributed by atoms with Crippen LogP contribution < -0.4 is 29.6 Å². The fourth-order valence-corrected chi connectivity index (χ4v) is 3.53. The molecule has 0 aliphatic heterocycles. The summed E-state index contributed by atoms with van der Waals surface area (Å²) in [7, 11) is -4.37. The van der Waals surface area contributed by atoms with E-state index in [1.165, 1.54) is 57.4 Å². The second-order valence-corrected chi connectivity index (χ2v) is 8.00. The van der Waals surface area contributed by atoms with Gasteiger partial charge in [-0.1, -0.05) is 76.8 Å². The van der Waals surface area contributed by atoms with Crippen molar-refractivity contribution in [3.05, 3.63) is 29.3 Å². The van der Waals surface area contributed by atoms with E-state index < -0.39 is 15.9 Å². The average Bonchev–Trinajstić information content (AvgIpc) is 2.51. The van der Waals surface area contributed by atoms with Gasteiger partial charge in [0, 0.05) is 5.56 Å². The number of hydrogen-bond donors (Lipinski definition) is 1. The van der Waals surface area contributed by atoms with Crippen molar-refractivity contribution in [2.24, 2.45) is 0 Å².